The lowest BCUT2D eigenvalue weighted by molar-refractivity contribution is -0.870. The highest BCUT2D eigenvalue weighted by atomic mass is 31.2. The van der Waals surface area contributed by atoms with Crippen molar-refractivity contribution in [3.63, 3.8) is 0 Å². The Morgan fingerprint density at radius 3 is 1.43 bits per heavy atom. The molecule has 0 spiro atoms. The van der Waals surface area contributed by atoms with Crippen LogP contribution in [0.1, 0.15) is 239 Å². The zero-order chi connectivity index (χ0) is 50.8. The number of hydrogen-bond acceptors (Lipinski definition) is 7. The van der Waals surface area contributed by atoms with Crippen molar-refractivity contribution in [2.24, 2.45) is 0 Å². The van der Waals surface area contributed by atoms with E-state index in [-0.39, 0.29) is 31.3 Å². The molecule has 0 aliphatic rings. The quantitative estimate of drug-likeness (QED) is 0.0212. The standard InChI is InChI=1S/C59H107N2O7P/c1-7-10-13-16-19-22-25-28-30-32-33-36-39-42-45-48-51-58(62)60-56(55-67-69(64,65)66-54-53-61(4,5)6)57(50-47-44-41-38-35-27-24-21-18-15-12-9-3)68-59(63)52-49-46-43-40-37-34-31-29-26-23-20-17-14-11-8-2/h10,13,19,22-23,26,28,30,33,36,47,50,56-57H,7-9,11-12,14-18,20-21,24-25,27,29,31-32,34-35,37-46,48-49,51-55H2,1-6H3,(H-,60,62,64,65)/b13-10+,22-19+,26-23-,30-28+,36-33+,50-47+. The van der Waals surface area contributed by atoms with E-state index in [1.165, 1.54) is 103 Å². The number of unbranched alkanes of at least 4 members (excludes halogenated alkanes) is 24. The summed E-state index contributed by atoms with van der Waals surface area (Å²) in [5, 5.41) is 3.00. The number of quaternary nitrogens is 1. The Morgan fingerprint density at radius 2 is 0.928 bits per heavy atom. The van der Waals surface area contributed by atoms with Crippen LogP contribution in [0.3, 0.4) is 0 Å². The Balaban J connectivity index is 5.43. The summed E-state index contributed by atoms with van der Waals surface area (Å²) in [6.07, 6.45) is 61.5. The highest BCUT2D eigenvalue weighted by Crippen LogP contribution is 2.38. The van der Waals surface area contributed by atoms with Gasteiger partial charge in [0.25, 0.3) is 7.82 Å². The van der Waals surface area contributed by atoms with Gasteiger partial charge in [0.1, 0.15) is 19.3 Å². The van der Waals surface area contributed by atoms with Crippen LogP contribution in [0.2, 0.25) is 0 Å². The molecule has 400 valence electrons. The van der Waals surface area contributed by atoms with E-state index in [0.29, 0.717) is 17.4 Å². The summed E-state index contributed by atoms with van der Waals surface area (Å²) in [6.45, 7) is 6.67. The van der Waals surface area contributed by atoms with E-state index >= 15 is 0 Å². The van der Waals surface area contributed by atoms with Crippen molar-refractivity contribution in [1.29, 1.82) is 0 Å². The van der Waals surface area contributed by atoms with E-state index in [0.717, 1.165) is 96.3 Å². The summed E-state index contributed by atoms with van der Waals surface area (Å²) < 4.78 is 30.2. The number of carbonyl (C=O) groups is 2. The number of nitrogens with one attached hydrogen (secondary N) is 1. The molecule has 0 fully saturated rings. The molecule has 0 heterocycles. The van der Waals surface area contributed by atoms with Gasteiger partial charge in [0.2, 0.25) is 5.91 Å². The lowest BCUT2D eigenvalue weighted by Gasteiger charge is -2.30. The topological polar surface area (TPSA) is 114 Å². The Bertz CT molecular complexity index is 1420. The van der Waals surface area contributed by atoms with Gasteiger partial charge in [-0.15, -0.1) is 0 Å². The number of allylic oxidation sites excluding steroid dienone is 11. The third-order valence-electron chi connectivity index (χ3n) is 12.1. The summed E-state index contributed by atoms with van der Waals surface area (Å²) in [7, 11) is 1.15. The summed E-state index contributed by atoms with van der Waals surface area (Å²) in [4.78, 5) is 39.8. The molecule has 1 N–H and O–H groups in total. The zero-order valence-electron chi connectivity index (χ0n) is 45.5. The van der Waals surface area contributed by atoms with Gasteiger partial charge in [-0.2, -0.15) is 0 Å². The highest BCUT2D eigenvalue weighted by Gasteiger charge is 2.27. The molecule has 0 aromatic heterocycles. The van der Waals surface area contributed by atoms with Crippen molar-refractivity contribution in [2.75, 3.05) is 40.9 Å². The van der Waals surface area contributed by atoms with Crippen LogP contribution in [0.15, 0.2) is 72.9 Å². The van der Waals surface area contributed by atoms with Crippen molar-refractivity contribution in [3.8, 4) is 0 Å². The van der Waals surface area contributed by atoms with Crippen molar-refractivity contribution in [3.05, 3.63) is 72.9 Å². The van der Waals surface area contributed by atoms with Crippen LogP contribution in [0.25, 0.3) is 0 Å². The van der Waals surface area contributed by atoms with Gasteiger partial charge in [-0.25, -0.2) is 0 Å². The molecule has 0 radical (unpaired) electrons. The van der Waals surface area contributed by atoms with Gasteiger partial charge in [0, 0.05) is 12.8 Å². The maximum atomic E-state index is 13.5. The molecule has 0 aromatic rings. The number of amides is 1. The zero-order valence-corrected chi connectivity index (χ0v) is 46.4. The lowest BCUT2D eigenvalue weighted by atomic mass is 10.0. The largest absolute Gasteiger partial charge is 0.756 e. The number of nitrogens with zero attached hydrogens (tertiary/aromatic N) is 1. The van der Waals surface area contributed by atoms with Gasteiger partial charge in [0.15, 0.2) is 0 Å². The van der Waals surface area contributed by atoms with E-state index in [9.17, 15) is 19.0 Å². The van der Waals surface area contributed by atoms with Gasteiger partial charge in [-0.05, 0) is 96.0 Å². The second kappa shape index (κ2) is 49.0. The van der Waals surface area contributed by atoms with Gasteiger partial charge in [-0.3, -0.25) is 14.2 Å². The smallest absolute Gasteiger partial charge is 0.306 e. The normalized spacial score (nSPS) is 14.4. The minimum absolute atomic E-state index is 0.0318. The fourth-order valence-corrected chi connectivity index (χ4v) is 8.46. The maximum Gasteiger partial charge on any atom is 0.306 e. The number of phosphoric acid groups is 1. The number of ether oxygens (including phenoxy) is 1. The molecule has 1 amide bonds. The van der Waals surface area contributed by atoms with Crippen LogP contribution in [0.5, 0.6) is 0 Å². The van der Waals surface area contributed by atoms with Crippen LogP contribution in [-0.4, -0.2) is 69.4 Å². The first-order chi connectivity index (χ1) is 33.4. The van der Waals surface area contributed by atoms with Crippen LogP contribution in [-0.2, 0) is 27.9 Å². The monoisotopic (exact) mass is 987 g/mol. The molecule has 69 heavy (non-hydrogen) atoms. The molecular weight excluding hydrogens is 880 g/mol. The molecule has 3 unspecified atom stereocenters. The first kappa shape index (κ1) is 66.5. The molecule has 0 bridgehead atoms. The predicted molar refractivity (Wildman–Crippen MR) is 293 cm³/mol. The van der Waals surface area contributed by atoms with Crippen LogP contribution in [0.4, 0.5) is 0 Å². The van der Waals surface area contributed by atoms with Crippen LogP contribution >= 0.6 is 7.82 Å². The number of rotatable bonds is 50. The Kier molecular flexibility index (Phi) is 47.2. The summed E-state index contributed by atoms with van der Waals surface area (Å²) in [6, 6.07) is -0.907. The number of carbonyl (C=O) groups excluding carboxylic acids is 2. The molecule has 0 aliphatic carbocycles. The van der Waals surface area contributed by atoms with E-state index in [2.05, 4.69) is 86.8 Å². The van der Waals surface area contributed by atoms with Crippen molar-refractivity contribution < 1.29 is 37.3 Å². The summed E-state index contributed by atoms with van der Waals surface area (Å²) in [5.74, 6) is -0.585. The van der Waals surface area contributed by atoms with E-state index in [4.69, 9.17) is 13.8 Å². The van der Waals surface area contributed by atoms with Gasteiger partial charge in [-0.1, -0.05) is 203 Å². The Labute approximate surface area is 425 Å². The highest BCUT2D eigenvalue weighted by molar-refractivity contribution is 7.45. The molecular formula is C59H107N2O7P. The van der Waals surface area contributed by atoms with Gasteiger partial charge < -0.3 is 28.5 Å². The van der Waals surface area contributed by atoms with Crippen LogP contribution in [0, 0.1) is 0 Å². The predicted octanol–water partition coefficient (Wildman–Crippen LogP) is 16.3. The SMILES string of the molecule is CC/C=C/C/C=C/C/C=C/C/C=C/CCCCCC(=O)NC(COP(=O)([O-])OCC[N+](C)(C)C)C(/C=C/CCCCCCCCCCCC)OC(=O)CCCCCCCCC/C=C\CCCCCC. The van der Waals surface area contributed by atoms with E-state index in [1.807, 2.05) is 33.3 Å². The molecule has 3 atom stereocenters. The van der Waals surface area contributed by atoms with Crippen LogP contribution < -0.4 is 10.2 Å². The summed E-state index contributed by atoms with van der Waals surface area (Å²) in [5.41, 5.74) is 0. The van der Waals surface area contributed by atoms with Crippen molar-refractivity contribution in [2.45, 2.75) is 251 Å². The Hall–Kier alpha value is -2.55. The fraction of sp³-hybridized carbons (Fsp3) is 0.763. The molecule has 0 aromatic carbocycles. The molecule has 10 heteroatoms. The fourth-order valence-electron chi connectivity index (χ4n) is 7.74. The molecule has 0 rings (SSSR count). The third kappa shape index (κ3) is 50.2. The lowest BCUT2D eigenvalue weighted by Crippen LogP contribution is -2.47. The number of hydrogen-bond donors (Lipinski definition) is 1. The second-order valence-corrected chi connectivity index (χ2v) is 21.5. The number of esters is 1. The average Bonchev–Trinajstić information content (AvgIpc) is 3.31. The molecule has 0 saturated heterocycles. The van der Waals surface area contributed by atoms with Crippen molar-refractivity contribution >= 4 is 19.7 Å². The minimum Gasteiger partial charge on any atom is -0.756 e. The molecule has 9 nitrogen and oxygen atoms in total. The second-order valence-electron chi connectivity index (χ2n) is 20.1. The molecule has 0 saturated carbocycles. The average molecular weight is 987 g/mol. The molecule has 0 aliphatic heterocycles. The van der Waals surface area contributed by atoms with E-state index < -0.39 is 26.6 Å². The van der Waals surface area contributed by atoms with Gasteiger partial charge in [0.05, 0.1) is 33.8 Å². The number of likely N-dealkylation sites (N-methyl/N-ethyl adjacent to an activating group) is 1. The first-order valence-electron chi connectivity index (χ1n) is 28.2. The third-order valence-corrected chi connectivity index (χ3v) is 13.1. The Morgan fingerprint density at radius 1 is 0.522 bits per heavy atom. The summed E-state index contributed by atoms with van der Waals surface area (Å²) >= 11 is 0. The van der Waals surface area contributed by atoms with Gasteiger partial charge >= 0.3 is 5.97 Å². The maximum absolute atomic E-state index is 13.5. The number of phosphoric ester groups is 1. The minimum atomic E-state index is -4.70. The van der Waals surface area contributed by atoms with Crippen molar-refractivity contribution in [1.82, 2.24) is 5.32 Å². The van der Waals surface area contributed by atoms with E-state index in [1.54, 1.807) is 0 Å². The first-order valence-corrected chi connectivity index (χ1v) is 29.7.